The Hall–Kier alpha value is -0.240. The molecular formula is C9H26N6. The van der Waals surface area contributed by atoms with Crippen LogP contribution in [-0.2, 0) is 0 Å². The summed E-state index contributed by atoms with van der Waals surface area (Å²) in [4.78, 5) is 2.08. The molecule has 6 nitrogen and oxygen atoms in total. The molecule has 0 saturated heterocycles. The minimum atomic E-state index is -0.139. The number of rotatable bonds is 9. The second-order valence-corrected chi connectivity index (χ2v) is 3.79. The van der Waals surface area contributed by atoms with Gasteiger partial charge < -0.3 is 28.7 Å². The van der Waals surface area contributed by atoms with E-state index in [1.165, 1.54) is 0 Å². The third kappa shape index (κ3) is 6.77. The van der Waals surface area contributed by atoms with E-state index in [9.17, 15) is 0 Å². The largest absolute Gasteiger partial charge is 0.330 e. The standard InChI is InChI=1S/C9H26N6/c10-3-1-2-4-15(9(14)6-12)7-8(13)5-11/h8-9H,1-7,10-14H2. The van der Waals surface area contributed by atoms with E-state index in [2.05, 4.69) is 4.90 Å². The van der Waals surface area contributed by atoms with Gasteiger partial charge in [-0.25, -0.2) is 0 Å². The molecule has 0 aliphatic rings. The van der Waals surface area contributed by atoms with Gasteiger partial charge in [0.2, 0.25) is 0 Å². The van der Waals surface area contributed by atoms with Gasteiger partial charge in [0, 0.05) is 25.7 Å². The first-order valence-electron chi connectivity index (χ1n) is 5.51. The Kier molecular flexibility index (Phi) is 8.88. The average Bonchev–Trinajstić information content (AvgIpc) is 2.26. The van der Waals surface area contributed by atoms with E-state index in [-0.39, 0.29) is 12.2 Å². The molecule has 0 heterocycles. The van der Waals surface area contributed by atoms with E-state index in [1.54, 1.807) is 0 Å². The lowest BCUT2D eigenvalue weighted by Crippen LogP contribution is -2.53. The third-order valence-corrected chi connectivity index (χ3v) is 2.38. The quantitative estimate of drug-likeness (QED) is 0.216. The molecular weight excluding hydrogens is 192 g/mol. The number of nitrogens with zero attached hydrogens (tertiary/aromatic N) is 1. The van der Waals surface area contributed by atoms with Crippen molar-refractivity contribution in [2.75, 3.05) is 32.7 Å². The van der Waals surface area contributed by atoms with Crippen LogP contribution in [0.15, 0.2) is 0 Å². The van der Waals surface area contributed by atoms with Crippen LogP contribution in [0.2, 0.25) is 0 Å². The fourth-order valence-corrected chi connectivity index (χ4v) is 1.38. The molecule has 15 heavy (non-hydrogen) atoms. The van der Waals surface area contributed by atoms with Crippen molar-refractivity contribution in [3.63, 3.8) is 0 Å². The van der Waals surface area contributed by atoms with Crippen LogP contribution in [0, 0.1) is 0 Å². The Morgan fingerprint density at radius 2 is 1.60 bits per heavy atom. The summed E-state index contributed by atoms with van der Waals surface area (Å²) in [5.41, 5.74) is 28.1. The van der Waals surface area contributed by atoms with Gasteiger partial charge in [0.15, 0.2) is 0 Å². The lowest BCUT2D eigenvalue weighted by Gasteiger charge is -2.30. The van der Waals surface area contributed by atoms with Crippen molar-refractivity contribution in [1.82, 2.24) is 4.90 Å². The fourth-order valence-electron chi connectivity index (χ4n) is 1.38. The van der Waals surface area contributed by atoms with E-state index in [0.717, 1.165) is 19.4 Å². The Morgan fingerprint density at radius 3 is 2.07 bits per heavy atom. The van der Waals surface area contributed by atoms with Crippen molar-refractivity contribution in [2.45, 2.75) is 25.0 Å². The molecule has 2 atom stereocenters. The molecule has 0 radical (unpaired) electrons. The third-order valence-electron chi connectivity index (χ3n) is 2.38. The maximum Gasteiger partial charge on any atom is 0.0698 e. The van der Waals surface area contributed by atoms with Crippen LogP contribution in [0.3, 0.4) is 0 Å². The number of hydrogen-bond donors (Lipinski definition) is 5. The monoisotopic (exact) mass is 218 g/mol. The lowest BCUT2D eigenvalue weighted by molar-refractivity contribution is 0.190. The zero-order valence-corrected chi connectivity index (χ0v) is 9.44. The van der Waals surface area contributed by atoms with Gasteiger partial charge in [-0.2, -0.15) is 0 Å². The summed E-state index contributed by atoms with van der Waals surface area (Å²) in [7, 11) is 0. The van der Waals surface area contributed by atoms with Gasteiger partial charge in [0.25, 0.3) is 0 Å². The molecule has 0 aliphatic heterocycles. The molecule has 0 fully saturated rings. The predicted octanol–water partition coefficient (Wildman–Crippen LogP) is -2.44. The molecule has 2 unspecified atom stereocenters. The maximum atomic E-state index is 5.88. The summed E-state index contributed by atoms with van der Waals surface area (Å²) in [5.74, 6) is 0. The highest BCUT2D eigenvalue weighted by Crippen LogP contribution is 1.98. The first-order valence-corrected chi connectivity index (χ1v) is 5.51. The minimum Gasteiger partial charge on any atom is -0.330 e. The van der Waals surface area contributed by atoms with E-state index in [0.29, 0.717) is 26.2 Å². The van der Waals surface area contributed by atoms with Gasteiger partial charge in [-0.05, 0) is 25.9 Å². The molecule has 92 valence electrons. The van der Waals surface area contributed by atoms with E-state index in [1.807, 2.05) is 0 Å². The molecule has 0 rings (SSSR count). The Bertz CT molecular complexity index is 143. The van der Waals surface area contributed by atoms with Gasteiger partial charge in [0.05, 0.1) is 6.17 Å². The van der Waals surface area contributed by atoms with Crippen LogP contribution < -0.4 is 28.7 Å². The summed E-state index contributed by atoms with van der Waals surface area (Å²) in [6.07, 6.45) is 1.87. The number of hydrogen-bond acceptors (Lipinski definition) is 6. The number of unbranched alkanes of at least 4 members (excludes halogenated alkanes) is 1. The van der Waals surface area contributed by atoms with Crippen molar-refractivity contribution in [3.05, 3.63) is 0 Å². The Balaban J connectivity index is 3.94. The van der Waals surface area contributed by atoms with Crippen LogP contribution >= 0.6 is 0 Å². The molecule has 0 bridgehead atoms. The van der Waals surface area contributed by atoms with Crippen molar-refractivity contribution >= 4 is 0 Å². The zero-order chi connectivity index (χ0) is 11.7. The summed E-state index contributed by atoms with van der Waals surface area (Å²) in [6, 6.07) is -0.0412. The van der Waals surface area contributed by atoms with Crippen LogP contribution in [-0.4, -0.2) is 49.8 Å². The van der Waals surface area contributed by atoms with Gasteiger partial charge in [0.1, 0.15) is 0 Å². The zero-order valence-electron chi connectivity index (χ0n) is 9.44. The fraction of sp³-hybridized carbons (Fsp3) is 1.00. The molecule has 0 aromatic carbocycles. The highest BCUT2D eigenvalue weighted by molar-refractivity contribution is 4.73. The second kappa shape index (κ2) is 9.02. The van der Waals surface area contributed by atoms with Gasteiger partial charge in [-0.15, -0.1) is 0 Å². The highest BCUT2D eigenvalue weighted by atomic mass is 15.2. The topological polar surface area (TPSA) is 133 Å². The smallest absolute Gasteiger partial charge is 0.0698 e. The molecule has 0 saturated carbocycles. The Morgan fingerprint density at radius 1 is 0.933 bits per heavy atom. The van der Waals surface area contributed by atoms with Crippen LogP contribution in [0.5, 0.6) is 0 Å². The minimum absolute atomic E-state index is 0.0412. The van der Waals surface area contributed by atoms with E-state index in [4.69, 9.17) is 28.7 Å². The summed E-state index contributed by atoms with van der Waals surface area (Å²) in [6.45, 7) is 3.17. The van der Waals surface area contributed by atoms with Crippen molar-refractivity contribution < 1.29 is 0 Å². The summed E-state index contributed by atoms with van der Waals surface area (Å²) in [5, 5.41) is 0. The molecule has 0 aliphatic carbocycles. The van der Waals surface area contributed by atoms with Crippen molar-refractivity contribution in [3.8, 4) is 0 Å². The predicted molar refractivity (Wildman–Crippen MR) is 63.9 cm³/mol. The van der Waals surface area contributed by atoms with Crippen LogP contribution in [0.4, 0.5) is 0 Å². The second-order valence-electron chi connectivity index (χ2n) is 3.79. The SMILES string of the molecule is NCCCCN(CC(N)CN)C(N)CN. The van der Waals surface area contributed by atoms with Crippen molar-refractivity contribution in [1.29, 1.82) is 0 Å². The summed E-state index contributed by atoms with van der Waals surface area (Å²) < 4.78 is 0. The van der Waals surface area contributed by atoms with E-state index >= 15 is 0 Å². The molecule has 0 spiro atoms. The highest BCUT2D eigenvalue weighted by Gasteiger charge is 2.14. The normalized spacial score (nSPS) is 15.6. The van der Waals surface area contributed by atoms with Crippen LogP contribution in [0.25, 0.3) is 0 Å². The molecule has 6 heteroatoms. The van der Waals surface area contributed by atoms with Crippen molar-refractivity contribution in [2.24, 2.45) is 28.7 Å². The molecule has 10 N–H and O–H groups in total. The first kappa shape index (κ1) is 14.8. The van der Waals surface area contributed by atoms with Gasteiger partial charge >= 0.3 is 0 Å². The van der Waals surface area contributed by atoms with Gasteiger partial charge in [-0.3, -0.25) is 4.90 Å². The first-order chi connectivity index (χ1) is 7.15. The molecule has 0 aromatic heterocycles. The maximum absolute atomic E-state index is 5.88. The van der Waals surface area contributed by atoms with Gasteiger partial charge in [-0.1, -0.05) is 0 Å². The summed E-state index contributed by atoms with van der Waals surface area (Å²) >= 11 is 0. The molecule has 0 aromatic rings. The Labute approximate surface area is 92.1 Å². The molecule has 0 amide bonds. The van der Waals surface area contributed by atoms with E-state index < -0.39 is 0 Å². The average molecular weight is 218 g/mol. The lowest BCUT2D eigenvalue weighted by atomic mass is 10.2. The number of nitrogens with two attached hydrogens (primary N) is 5. The van der Waals surface area contributed by atoms with Crippen LogP contribution in [0.1, 0.15) is 12.8 Å².